The van der Waals surface area contributed by atoms with Crippen molar-refractivity contribution in [2.24, 2.45) is 0 Å². The summed E-state index contributed by atoms with van der Waals surface area (Å²) in [5.41, 5.74) is 2.32. The van der Waals surface area contributed by atoms with Crippen molar-refractivity contribution >= 4 is 6.09 Å². The SMILES string of the molecule is CN(CCCNC1CCNCc2ccccc21)C(=O)OC(C)(C)C. The minimum atomic E-state index is -0.444. The first-order chi connectivity index (χ1) is 11.4. The van der Waals surface area contributed by atoms with E-state index >= 15 is 0 Å². The molecule has 1 aromatic carbocycles. The van der Waals surface area contributed by atoms with Crippen LogP contribution in [0.25, 0.3) is 0 Å². The van der Waals surface area contributed by atoms with E-state index in [1.54, 1.807) is 11.9 Å². The van der Waals surface area contributed by atoms with Gasteiger partial charge < -0.3 is 20.3 Å². The van der Waals surface area contributed by atoms with E-state index in [0.29, 0.717) is 12.6 Å². The number of hydrogen-bond donors (Lipinski definition) is 2. The van der Waals surface area contributed by atoms with Gasteiger partial charge in [0.15, 0.2) is 0 Å². The zero-order valence-electron chi connectivity index (χ0n) is 15.4. The van der Waals surface area contributed by atoms with Crippen molar-refractivity contribution in [2.75, 3.05) is 26.7 Å². The Balaban J connectivity index is 1.77. The van der Waals surface area contributed by atoms with Crippen LogP contribution in [0.15, 0.2) is 24.3 Å². The van der Waals surface area contributed by atoms with Crippen molar-refractivity contribution < 1.29 is 9.53 Å². The lowest BCUT2D eigenvalue weighted by Gasteiger charge is -2.25. The number of fused-ring (bicyclic) bond motifs is 1. The van der Waals surface area contributed by atoms with Crippen LogP contribution in [0.3, 0.4) is 0 Å². The van der Waals surface area contributed by atoms with Crippen LogP contribution in [0.4, 0.5) is 4.79 Å². The van der Waals surface area contributed by atoms with Gasteiger partial charge in [-0.05, 0) is 57.8 Å². The minimum absolute atomic E-state index is 0.258. The molecule has 5 heteroatoms. The Morgan fingerprint density at radius 2 is 2.12 bits per heavy atom. The van der Waals surface area contributed by atoms with Crippen LogP contribution < -0.4 is 10.6 Å². The van der Waals surface area contributed by atoms with E-state index in [-0.39, 0.29) is 6.09 Å². The standard InChI is InChI=1S/C19H31N3O2/c1-19(2,3)24-18(23)22(4)13-7-11-21-17-10-12-20-14-15-8-5-6-9-16(15)17/h5-6,8-9,17,20-21H,7,10-14H2,1-4H3. The summed E-state index contributed by atoms with van der Waals surface area (Å²) in [6, 6.07) is 8.99. The zero-order valence-corrected chi connectivity index (χ0v) is 15.4. The van der Waals surface area contributed by atoms with Crippen molar-refractivity contribution in [3.63, 3.8) is 0 Å². The topological polar surface area (TPSA) is 53.6 Å². The van der Waals surface area contributed by atoms with Crippen molar-refractivity contribution in [2.45, 2.75) is 51.8 Å². The molecule has 2 rings (SSSR count). The largest absolute Gasteiger partial charge is 0.444 e. The van der Waals surface area contributed by atoms with Gasteiger partial charge in [-0.3, -0.25) is 0 Å². The molecule has 5 nitrogen and oxygen atoms in total. The molecule has 2 N–H and O–H groups in total. The molecule has 0 aromatic heterocycles. The van der Waals surface area contributed by atoms with E-state index in [1.807, 2.05) is 20.8 Å². The van der Waals surface area contributed by atoms with Gasteiger partial charge in [-0.1, -0.05) is 24.3 Å². The molecule has 24 heavy (non-hydrogen) atoms. The van der Waals surface area contributed by atoms with Gasteiger partial charge in [0.2, 0.25) is 0 Å². The Morgan fingerprint density at radius 3 is 2.88 bits per heavy atom. The van der Waals surface area contributed by atoms with Crippen LogP contribution in [-0.4, -0.2) is 43.3 Å². The van der Waals surface area contributed by atoms with Gasteiger partial charge in [-0.2, -0.15) is 0 Å². The number of carbonyl (C=O) groups is 1. The number of benzene rings is 1. The molecule has 0 bridgehead atoms. The second-order valence-corrected chi connectivity index (χ2v) is 7.43. The van der Waals surface area contributed by atoms with Gasteiger partial charge in [0.1, 0.15) is 5.60 Å². The summed E-state index contributed by atoms with van der Waals surface area (Å²) < 4.78 is 5.37. The molecule has 0 fully saturated rings. The summed E-state index contributed by atoms with van der Waals surface area (Å²) in [4.78, 5) is 13.6. The van der Waals surface area contributed by atoms with Gasteiger partial charge in [-0.25, -0.2) is 4.79 Å². The summed E-state index contributed by atoms with van der Waals surface area (Å²) in [5, 5.41) is 7.11. The monoisotopic (exact) mass is 333 g/mol. The summed E-state index contributed by atoms with van der Waals surface area (Å²) in [6.07, 6.45) is 1.73. The maximum absolute atomic E-state index is 11.9. The van der Waals surface area contributed by atoms with Crippen LogP contribution in [0, 0.1) is 0 Å². The highest BCUT2D eigenvalue weighted by atomic mass is 16.6. The Bertz CT molecular complexity index is 540. The van der Waals surface area contributed by atoms with Crippen LogP contribution in [-0.2, 0) is 11.3 Å². The van der Waals surface area contributed by atoms with Gasteiger partial charge in [0, 0.05) is 26.2 Å². The fraction of sp³-hybridized carbons (Fsp3) is 0.632. The molecular formula is C19H31N3O2. The zero-order chi connectivity index (χ0) is 17.6. The average molecular weight is 333 g/mol. The fourth-order valence-electron chi connectivity index (χ4n) is 2.90. The maximum atomic E-state index is 11.9. The average Bonchev–Trinajstić information content (AvgIpc) is 2.72. The quantitative estimate of drug-likeness (QED) is 0.813. The number of carbonyl (C=O) groups excluding carboxylic acids is 1. The second-order valence-electron chi connectivity index (χ2n) is 7.43. The van der Waals surface area contributed by atoms with Crippen LogP contribution in [0.5, 0.6) is 0 Å². The Morgan fingerprint density at radius 1 is 1.38 bits per heavy atom. The predicted molar refractivity (Wildman–Crippen MR) is 97.0 cm³/mol. The lowest BCUT2D eigenvalue weighted by atomic mass is 9.99. The molecule has 0 spiro atoms. The van der Waals surface area contributed by atoms with Crippen LogP contribution >= 0.6 is 0 Å². The molecule has 1 aromatic rings. The highest BCUT2D eigenvalue weighted by Gasteiger charge is 2.20. The van der Waals surface area contributed by atoms with Gasteiger partial charge >= 0.3 is 6.09 Å². The third-order valence-corrected chi connectivity index (χ3v) is 4.12. The molecule has 0 radical (unpaired) electrons. The van der Waals surface area contributed by atoms with Crippen molar-refractivity contribution in [1.82, 2.24) is 15.5 Å². The minimum Gasteiger partial charge on any atom is -0.444 e. The van der Waals surface area contributed by atoms with Crippen LogP contribution in [0.1, 0.15) is 50.8 Å². The summed E-state index contributed by atoms with van der Waals surface area (Å²) in [5.74, 6) is 0. The highest BCUT2D eigenvalue weighted by Crippen LogP contribution is 2.23. The Hall–Kier alpha value is -1.59. The molecule has 1 aliphatic rings. The molecule has 0 saturated heterocycles. The highest BCUT2D eigenvalue weighted by molar-refractivity contribution is 5.67. The number of amides is 1. The number of rotatable bonds is 5. The van der Waals surface area contributed by atoms with E-state index in [1.165, 1.54) is 11.1 Å². The van der Waals surface area contributed by atoms with Crippen molar-refractivity contribution in [3.05, 3.63) is 35.4 Å². The lowest BCUT2D eigenvalue weighted by Crippen LogP contribution is -2.36. The first kappa shape index (κ1) is 18.7. The van der Waals surface area contributed by atoms with Crippen molar-refractivity contribution in [1.29, 1.82) is 0 Å². The number of nitrogens with one attached hydrogen (secondary N) is 2. The third kappa shape index (κ3) is 5.80. The summed E-state index contributed by atoms with van der Waals surface area (Å²) in [6.45, 7) is 9.19. The van der Waals surface area contributed by atoms with Gasteiger partial charge in [-0.15, -0.1) is 0 Å². The third-order valence-electron chi connectivity index (χ3n) is 4.12. The molecular weight excluding hydrogens is 302 g/mol. The van der Waals surface area contributed by atoms with Gasteiger partial charge in [0.05, 0.1) is 0 Å². The Kier molecular flexibility index (Phi) is 6.63. The molecule has 134 valence electrons. The predicted octanol–water partition coefficient (Wildman–Crippen LogP) is 3.07. The molecule has 1 amide bonds. The van der Waals surface area contributed by atoms with E-state index < -0.39 is 5.60 Å². The smallest absolute Gasteiger partial charge is 0.410 e. The molecule has 0 saturated carbocycles. The van der Waals surface area contributed by atoms with Crippen LogP contribution in [0.2, 0.25) is 0 Å². The maximum Gasteiger partial charge on any atom is 0.410 e. The normalized spacial score (nSPS) is 17.8. The molecule has 1 atom stereocenters. The molecule has 1 heterocycles. The van der Waals surface area contributed by atoms with Crippen molar-refractivity contribution in [3.8, 4) is 0 Å². The fourth-order valence-corrected chi connectivity index (χ4v) is 2.90. The van der Waals surface area contributed by atoms with E-state index in [9.17, 15) is 4.79 Å². The van der Waals surface area contributed by atoms with E-state index in [4.69, 9.17) is 4.74 Å². The molecule has 1 unspecified atom stereocenters. The first-order valence-electron chi connectivity index (χ1n) is 8.83. The van der Waals surface area contributed by atoms with E-state index in [2.05, 4.69) is 34.9 Å². The number of ether oxygens (including phenoxy) is 1. The van der Waals surface area contributed by atoms with E-state index in [0.717, 1.165) is 32.5 Å². The molecule has 0 aliphatic carbocycles. The second kappa shape index (κ2) is 8.49. The lowest BCUT2D eigenvalue weighted by molar-refractivity contribution is 0.0297. The number of hydrogen-bond acceptors (Lipinski definition) is 4. The summed E-state index contributed by atoms with van der Waals surface area (Å²) in [7, 11) is 1.79. The molecule has 1 aliphatic heterocycles. The Labute approximate surface area is 145 Å². The number of nitrogens with zero attached hydrogens (tertiary/aromatic N) is 1. The summed E-state index contributed by atoms with van der Waals surface area (Å²) >= 11 is 0. The first-order valence-corrected chi connectivity index (χ1v) is 8.83. The van der Waals surface area contributed by atoms with Gasteiger partial charge in [0.25, 0.3) is 0 Å².